The van der Waals surface area contributed by atoms with Crippen molar-refractivity contribution >= 4 is 5.69 Å². The van der Waals surface area contributed by atoms with Gasteiger partial charge in [0.1, 0.15) is 5.82 Å². The molecule has 18 heavy (non-hydrogen) atoms. The maximum absolute atomic E-state index is 14.1. The van der Waals surface area contributed by atoms with E-state index in [2.05, 4.69) is 0 Å². The Kier molecular flexibility index (Phi) is 2.99. The molecule has 1 aromatic carbocycles. The molecule has 2 bridgehead atoms. The highest BCUT2D eigenvalue weighted by Gasteiger charge is 2.35. The van der Waals surface area contributed by atoms with Crippen LogP contribution in [0, 0.1) is 5.82 Å². The van der Waals surface area contributed by atoms with Gasteiger partial charge in [-0.1, -0.05) is 12.1 Å². The predicted molar refractivity (Wildman–Crippen MR) is 67.1 cm³/mol. The molecule has 2 heterocycles. The summed E-state index contributed by atoms with van der Waals surface area (Å²) in [7, 11) is 0. The number of morpholine rings is 1. The molecule has 0 saturated carbocycles. The van der Waals surface area contributed by atoms with Crippen LogP contribution >= 0.6 is 0 Å². The highest BCUT2D eigenvalue weighted by atomic mass is 19.1. The summed E-state index contributed by atoms with van der Waals surface area (Å²) >= 11 is 0. The number of nitrogens with zero attached hydrogens (tertiary/aromatic N) is 1. The molecule has 3 nitrogen and oxygen atoms in total. The third-order valence-electron chi connectivity index (χ3n) is 3.83. The monoisotopic (exact) mass is 251 g/mol. The van der Waals surface area contributed by atoms with E-state index in [0.29, 0.717) is 11.3 Å². The van der Waals surface area contributed by atoms with Gasteiger partial charge in [0, 0.05) is 18.7 Å². The fraction of sp³-hybridized carbons (Fsp3) is 0.571. The highest BCUT2D eigenvalue weighted by Crippen LogP contribution is 2.35. The number of ether oxygens (including phenoxy) is 1. The number of anilines is 1. The Morgan fingerprint density at radius 3 is 2.61 bits per heavy atom. The van der Waals surface area contributed by atoms with Gasteiger partial charge in [0.25, 0.3) is 0 Å². The van der Waals surface area contributed by atoms with E-state index in [1.165, 1.54) is 6.07 Å². The van der Waals surface area contributed by atoms with E-state index in [1.54, 1.807) is 19.1 Å². The first-order valence-corrected chi connectivity index (χ1v) is 6.52. The number of fused-ring (bicyclic) bond motifs is 2. The van der Waals surface area contributed by atoms with Crippen LogP contribution in [0.2, 0.25) is 0 Å². The van der Waals surface area contributed by atoms with Gasteiger partial charge in [0.2, 0.25) is 0 Å². The first kappa shape index (κ1) is 11.9. The van der Waals surface area contributed by atoms with Gasteiger partial charge in [-0.25, -0.2) is 4.39 Å². The number of hydrogen-bond donors (Lipinski definition) is 1. The minimum absolute atomic E-state index is 0.213. The summed E-state index contributed by atoms with van der Waals surface area (Å²) in [6.07, 6.45) is 1.88. The second kappa shape index (κ2) is 4.52. The molecule has 98 valence electrons. The van der Waals surface area contributed by atoms with Gasteiger partial charge in [-0.2, -0.15) is 0 Å². The molecule has 0 radical (unpaired) electrons. The first-order valence-electron chi connectivity index (χ1n) is 6.52. The lowest BCUT2D eigenvalue weighted by molar-refractivity contribution is 0.0300. The summed E-state index contributed by atoms with van der Waals surface area (Å²) in [5, 5.41) is 9.78. The molecule has 0 amide bonds. The van der Waals surface area contributed by atoms with Crippen molar-refractivity contribution in [1.29, 1.82) is 0 Å². The van der Waals surface area contributed by atoms with E-state index in [0.717, 1.165) is 25.9 Å². The number of halogens is 1. The molecular formula is C14H18FNO2. The summed E-state index contributed by atoms with van der Waals surface area (Å²) in [6.45, 7) is 3.11. The van der Waals surface area contributed by atoms with Crippen molar-refractivity contribution in [1.82, 2.24) is 0 Å². The molecule has 2 aliphatic rings. The van der Waals surface area contributed by atoms with Gasteiger partial charge in [-0.15, -0.1) is 0 Å². The van der Waals surface area contributed by atoms with Crippen molar-refractivity contribution < 1.29 is 14.2 Å². The van der Waals surface area contributed by atoms with E-state index in [1.807, 2.05) is 4.90 Å². The summed E-state index contributed by atoms with van der Waals surface area (Å²) in [6, 6.07) is 4.90. The van der Waals surface area contributed by atoms with E-state index < -0.39 is 6.10 Å². The van der Waals surface area contributed by atoms with Crippen LogP contribution < -0.4 is 4.90 Å². The molecule has 2 aliphatic heterocycles. The normalized spacial score (nSPS) is 28.5. The number of aliphatic hydroxyl groups is 1. The van der Waals surface area contributed by atoms with Gasteiger partial charge in [-0.3, -0.25) is 0 Å². The van der Waals surface area contributed by atoms with Crippen molar-refractivity contribution in [3.63, 3.8) is 0 Å². The molecule has 3 rings (SSSR count). The Labute approximate surface area is 106 Å². The van der Waals surface area contributed by atoms with Gasteiger partial charge >= 0.3 is 0 Å². The van der Waals surface area contributed by atoms with Crippen LogP contribution in [0.3, 0.4) is 0 Å². The average Bonchev–Trinajstić information content (AvgIpc) is 2.68. The van der Waals surface area contributed by atoms with Gasteiger partial charge in [0.05, 0.1) is 24.0 Å². The Hall–Kier alpha value is -1.13. The van der Waals surface area contributed by atoms with E-state index in [9.17, 15) is 9.50 Å². The number of aliphatic hydroxyl groups excluding tert-OH is 1. The largest absolute Gasteiger partial charge is 0.389 e. The lowest BCUT2D eigenvalue weighted by Crippen LogP contribution is -2.43. The van der Waals surface area contributed by atoms with Gasteiger partial charge in [-0.05, 0) is 25.8 Å². The second-order valence-corrected chi connectivity index (χ2v) is 5.22. The first-order chi connectivity index (χ1) is 8.65. The molecule has 0 aromatic heterocycles. The van der Waals surface area contributed by atoms with Crippen LogP contribution in [0.15, 0.2) is 18.2 Å². The topological polar surface area (TPSA) is 32.7 Å². The maximum Gasteiger partial charge on any atom is 0.146 e. The average molecular weight is 251 g/mol. The van der Waals surface area contributed by atoms with Crippen LogP contribution in [-0.2, 0) is 4.74 Å². The van der Waals surface area contributed by atoms with E-state index in [-0.39, 0.29) is 18.0 Å². The van der Waals surface area contributed by atoms with Crippen LogP contribution in [0.4, 0.5) is 10.1 Å². The smallest absolute Gasteiger partial charge is 0.146 e. The molecule has 4 heteroatoms. The molecule has 2 fully saturated rings. The zero-order valence-electron chi connectivity index (χ0n) is 10.5. The standard InChI is InChI=1S/C14H18FNO2/c1-9(17)12-3-2-4-13(15)14(12)16-7-10-5-6-11(8-16)18-10/h2-4,9-11,17H,5-8H2,1H3. The lowest BCUT2D eigenvalue weighted by atomic mass is 10.1. The molecule has 1 aromatic rings. The summed E-state index contributed by atoms with van der Waals surface area (Å²) in [5.41, 5.74) is 1.21. The minimum Gasteiger partial charge on any atom is -0.389 e. The van der Waals surface area contributed by atoms with Crippen LogP contribution in [0.25, 0.3) is 0 Å². The SMILES string of the molecule is CC(O)c1cccc(F)c1N1CC2CCC(C1)O2. The fourth-order valence-electron chi connectivity index (χ4n) is 3.00. The van der Waals surface area contributed by atoms with Crippen molar-refractivity contribution in [3.8, 4) is 0 Å². The van der Waals surface area contributed by atoms with E-state index in [4.69, 9.17) is 4.74 Å². The molecule has 2 saturated heterocycles. The summed E-state index contributed by atoms with van der Waals surface area (Å²) in [5.74, 6) is -0.255. The molecular weight excluding hydrogens is 233 g/mol. The Morgan fingerprint density at radius 2 is 2.00 bits per heavy atom. The van der Waals surface area contributed by atoms with E-state index >= 15 is 0 Å². The third kappa shape index (κ3) is 1.99. The second-order valence-electron chi connectivity index (χ2n) is 5.22. The molecule has 3 atom stereocenters. The molecule has 0 spiro atoms. The van der Waals surface area contributed by atoms with Crippen molar-refractivity contribution in [2.45, 2.75) is 38.1 Å². The van der Waals surface area contributed by atoms with Crippen molar-refractivity contribution in [2.75, 3.05) is 18.0 Å². The Balaban J connectivity index is 1.96. The number of hydrogen-bond acceptors (Lipinski definition) is 3. The third-order valence-corrected chi connectivity index (χ3v) is 3.83. The van der Waals surface area contributed by atoms with Crippen molar-refractivity contribution in [3.05, 3.63) is 29.6 Å². The predicted octanol–water partition coefficient (Wildman–Crippen LogP) is 2.25. The molecule has 1 N–H and O–H groups in total. The number of benzene rings is 1. The summed E-state index contributed by atoms with van der Waals surface area (Å²) < 4.78 is 19.8. The Morgan fingerprint density at radius 1 is 1.33 bits per heavy atom. The summed E-state index contributed by atoms with van der Waals surface area (Å²) in [4.78, 5) is 2.03. The number of rotatable bonds is 2. The van der Waals surface area contributed by atoms with Gasteiger partial charge in [0.15, 0.2) is 0 Å². The quantitative estimate of drug-likeness (QED) is 0.875. The minimum atomic E-state index is -0.656. The Bertz CT molecular complexity index is 437. The van der Waals surface area contributed by atoms with Crippen molar-refractivity contribution in [2.24, 2.45) is 0 Å². The molecule has 0 aliphatic carbocycles. The van der Waals surface area contributed by atoms with Crippen LogP contribution in [0.1, 0.15) is 31.4 Å². The number of para-hydroxylation sites is 1. The fourth-order valence-corrected chi connectivity index (χ4v) is 3.00. The zero-order valence-corrected chi connectivity index (χ0v) is 10.5. The zero-order chi connectivity index (χ0) is 12.7. The van der Waals surface area contributed by atoms with Gasteiger partial charge < -0.3 is 14.7 Å². The van der Waals surface area contributed by atoms with Crippen LogP contribution in [0.5, 0.6) is 0 Å². The van der Waals surface area contributed by atoms with Crippen LogP contribution in [-0.4, -0.2) is 30.4 Å². The molecule has 3 unspecified atom stereocenters. The maximum atomic E-state index is 14.1. The lowest BCUT2D eigenvalue weighted by Gasteiger charge is -2.35. The highest BCUT2D eigenvalue weighted by molar-refractivity contribution is 5.56.